The standard InChI is InChI=1S/C21H28N2O2S/c1-18-9-11-19(12-10-18)17-26(24,25)22-15-20-7-3-4-8-21(20)16-23-13-5-2-6-14-23/h3-4,7-12,22H,2,5-6,13-17H2,1H3. The Kier molecular flexibility index (Phi) is 6.46. The van der Waals surface area contributed by atoms with E-state index in [1.807, 2.05) is 49.4 Å². The van der Waals surface area contributed by atoms with Crippen LogP contribution >= 0.6 is 0 Å². The molecule has 1 N–H and O–H groups in total. The lowest BCUT2D eigenvalue weighted by atomic mass is 10.1. The molecular weight excluding hydrogens is 344 g/mol. The molecular formula is C21H28N2O2S. The first-order valence-electron chi connectivity index (χ1n) is 9.34. The van der Waals surface area contributed by atoms with E-state index in [0.29, 0.717) is 6.54 Å². The highest BCUT2D eigenvalue weighted by Crippen LogP contribution is 2.16. The summed E-state index contributed by atoms with van der Waals surface area (Å²) < 4.78 is 27.6. The summed E-state index contributed by atoms with van der Waals surface area (Å²) in [5, 5.41) is 0. The zero-order valence-electron chi connectivity index (χ0n) is 15.4. The van der Waals surface area contributed by atoms with Crippen molar-refractivity contribution in [3.05, 3.63) is 70.8 Å². The molecule has 1 fully saturated rings. The van der Waals surface area contributed by atoms with Gasteiger partial charge in [-0.1, -0.05) is 60.5 Å². The van der Waals surface area contributed by atoms with Crippen LogP contribution in [-0.4, -0.2) is 26.4 Å². The monoisotopic (exact) mass is 372 g/mol. The van der Waals surface area contributed by atoms with Gasteiger partial charge in [-0.2, -0.15) is 0 Å². The fourth-order valence-corrected chi connectivity index (χ4v) is 4.49. The van der Waals surface area contributed by atoms with Gasteiger partial charge in [-0.05, 0) is 49.5 Å². The van der Waals surface area contributed by atoms with Crippen molar-refractivity contribution in [1.29, 1.82) is 0 Å². The number of benzene rings is 2. The van der Waals surface area contributed by atoms with Gasteiger partial charge >= 0.3 is 0 Å². The molecule has 26 heavy (non-hydrogen) atoms. The minimum atomic E-state index is -3.36. The zero-order chi connectivity index (χ0) is 18.4. The van der Waals surface area contributed by atoms with Crippen molar-refractivity contribution in [2.24, 2.45) is 0 Å². The van der Waals surface area contributed by atoms with E-state index in [9.17, 15) is 8.42 Å². The van der Waals surface area contributed by atoms with E-state index in [-0.39, 0.29) is 5.75 Å². The predicted molar refractivity (Wildman–Crippen MR) is 106 cm³/mol. The van der Waals surface area contributed by atoms with E-state index in [0.717, 1.165) is 36.3 Å². The summed E-state index contributed by atoms with van der Waals surface area (Å²) in [6, 6.07) is 15.8. The first kappa shape index (κ1) is 19.1. The lowest BCUT2D eigenvalue weighted by Crippen LogP contribution is -2.30. The first-order valence-corrected chi connectivity index (χ1v) is 11.0. The molecule has 0 atom stereocenters. The predicted octanol–water partition coefficient (Wildman–Crippen LogP) is 3.60. The van der Waals surface area contributed by atoms with Gasteiger partial charge in [0.1, 0.15) is 0 Å². The van der Waals surface area contributed by atoms with Crippen LogP contribution in [0.3, 0.4) is 0 Å². The third-order valence-corrected chi connectivity index (χ3v) is 6.22. The number of hydrogen-bond donors (Lipinski definition) is 1. The average molecular weight is 373 g/mol. The number of nitrogens with one attached hydrogen (secondary N) is 1. The molecule has 0 aromatic heterocycles. The molecule has 1 aliphatic heterocycles. The fourth-order valence-electron chi connectivity index (χ4n) is 3.39. The average Bonchev–Trinajstić information content (AvgIpc) is 2.64. The van der Waals surface area contributed by atoms with Gasteiger partial charge in [-0.3, -0.25) is 4.90 Å². The topological polar surface area (TPSA) is 49.4 Å². The molecule has 1 aliphatic rings. The van der Waals surface area contributed by atoms with E-state index < -0.39 is 10.0 Å². The number of piperidine rings is 1. The molecule has 0 amide bonds. The second-order valence-electron chi connectivity index (χ2n) is 7.17. The third kappa shape index (κ3) is 5.66. The summed E-state index contributed by atoms with van der Waals surface area (Å²) in [4.78, 5) is 2.46. The van der Waals surface area contributed by atoms with Crippen LogP contribution in [0.5, 0.6) is 0 Å². The molecule has 0 bridgehead atoms. The summed E-state index contributed by atoms with van der Waals surface area (Å²) in [7, 11) is -3.36. The van der Waals surface area contributed by atoms with Crippen molar-refractivity contribution in [1.82, 2.24) is 9.62 Å². The van der Waals surface area contributed by atoms with Crippen LogP contribution < -0.4 is 4.72 Å². The van der Waals surface area contributed by atoms with E-state index in [2.05, 4.69) is 15.7 Å². The molecule has 0 aliphatic carbocycles. The summed E-state index contributed by atoms with van der Waals surface area (Å²) >= 11 is 0. The summed E-state index contributed by atoms with van der Waals surface area (Å²) in [6.45, 7) is 5.50. The van der Waals surface area contributed by atoms with Crippen LogP contribution in [0.2, 0.25) is 0 Å². The van der Waals surface area contributed by atoms with Gasteiger partial charge in [0.2, 0.25) is 10.0 Å². The zero-order valence-corrected chi connectivity index (χ0v) is 16.3. The molecule has 0 saturated carbocycles. The number of sulfonamides is 1. The van der Waals surface area contributed by atoms with Gasteiger partial charge in [-0.15, -0.1) is 0 Å². The van der Waals surface area contributed by atoms with E-state index in [1.54, 1.807) is 0 Å². The second kappa shape index (κ2) is 8.80. The Morgan fingerprint density at radius 1 is 0.923 bits per heavy atom. The van der Waals surface area contributed by atoms with Crippen molar-refractivity contribution in [2.45, 2.75) is 45.0 Å². The number of hydrogen-bond acceptors (Lipinski definition) is 3. The molecule has 140 valence electrons. The highest BCUT2D eigenvalue weighted by molar-refractivity contribution is 7.88. The number of nitrogens with zero attached hydrogens (tertiary/aromatic N) is 1. The molecule has 5 heteroatoms. The van der Waals surface area contributed by atoms with Gasteiger partial charge in [0.05, 0.1) is 5.75 Å². The second-order valence-corrected chi connectivity index (χ2v) is 8.98. The van der Waals surface area contributed by atoms with Gasteiger partial charge in [0, 0.05) is 13.1 Å². The molecule has 0 radical (unpaired) electrons. The van der Waals surface area contributed by atoms with Crippen molar-refractivity contribution >= 4 is 10.0 Å². The molecule has 2 aromatic carbocycles. The number of rotatable bonds is 7. The Labute approximate surface area is 157 Å². The van der Waals surface area contributed by atoms with E-state index in [1.165, 1.54) is 24.8 Å². The van der Waals surface area contributed by atoms with Crippen LogP contribution in [0.25, 0.3) is 0 Å². The number of aryl methyl sites for hydroxylation is 1. The minimum Gasteiger partial charge on any atom is -0.299 e. The van der Waals surface area contributed by atoms with Crippen LogP contribution in [-0.2, 0) is 28.9 Å². The van der Waals surface area contributed by atoms with E-state index >= 15 is 0 Å². The Balaban J connectivity index is 1.62. The first-order chi connectivity index (χ1) is 12.5. The van der Waals surface area contributed by atoms with Crippen LogP contribution in [0.1, 0.15) is 41.5 Å². The lowest BCUT2D eigenvalue weighted by molar-refractivity contribution is 0.220. The maximum atomic E-state index is 12.4. The van der Waals surface area contributed by atoms with Crippen LogP contribution in [0, 0.1) is 6.92 Å². The minimum absolute atomic E-state index is 0.0154. The molecule has 1 heterocycles. The Morgan fingerprint density at radius 3 is 2.27 bits per heavy atom. The highest BCUT2D eigenvalue weighted by atomic mass is 32.2. The van der Waals surface area contributed by atoms with Gasteiger partial charge < -0.3 is 0 Å². The van der Waals surface area contributed by atoms with Crippen molar-refractivity contribution in [3.63, 3.8) is 0 Å². The van der Waals surface area contributed by atoms with Crippen molar-refractivity contribution < 1.29 is 8.42 Å². The summed E-state index contributed by atoms with van der Waals surface area (Å²) in [5.41, 5.74) is 4.22. The molecule has 1 saturated heterocycles. The SMILES string of the molecule is Cc1ccc(CS(=O)(=O)NCc2ccccc2CN2CCCCC2)cc1. The molecule has 0 unspecified atom stereocenters. The molecule has 2 aromatic rings. The lowest BCUT2D eigenvalue weighted by Gasteiger charge is -2.27. The fraction of sp³-hybridized carbons (Fsp3) is 0.429. The normalized spacial score (nSPS) is 15.9. The molecule has 4 nitrogen and oxygen atoms in total. The quantitative estimate of drug-likeness (QED) is 0.808. The van der Waals surface area contributed by atoms with Gasteiger partial charge in [0.25, 0.3) is 0 Å². The smallest absolute Gasteiger partial charge is 0.216 e. The van der Waals surface area contributed by atoms with Gasteiger partial charge in [-0.25, -0.2) is 13.1 Å². The van der Waals surface area contributed by atoms with Crippen molar-refractivity contribution in [3.8, 4) is 0 Å². The molecule has 3 rings (SSSR count). The summed E-state index contributed by atoms with van der Waals surface area (Å²) in [5.74, 6) is 0.0154. The Bertz CT molecular complexity index is 810. The van der Waals surface area contributed by atoms with Crippen LogP contribution in [0.4, 0.5) is 0 Å². The van der Waals surface area contributed by atoms with Crippen LogP contribution in [0.15, 0.2) is 48.5 Å². The molecule has 0 spiro atoms. The Hall–Kier alpha value is -1.69. The highest BCUT2D eigenvalue weighted by Gasteiger charge is 2.15. The Morgan fingerprint density at radius 2 is 1.58 bits per heavy atom. The van der Waals surface area contributed by atoms with Crippen molar-refractivity contribution in [2.75, 3.05) is 13.1 Å². The number of likely N-dealkylation sites (tertiary alicyclic amines) is 1. The maximum absolute atomic E-state index is 12.4. The van der Waals surface area contributed by atoms with E-state index in [4.69, 9.17) is 0 Å². The third-order valence-electron chi connectivity index (χ3n) is 4.92. The maximum Gasteiger partial charge on any atom is 0.216 e. The largest absolute Gasteiger partial charge is 0.299 e. The van der Waals surface area contributed by atoms with Gasteiger partial charge in [0.15, 0.2) is 0 Å². The summed E-state index contributed by atoms with van der Waals surface area (Å²) in [6.07, 6.45) is 3.83.